The average molecular weight is 405 g/mol. The summed E-state index contributed by atoms with van der Waals surface area (Å²) in [5.74, 6) is -2.04. The Labute approximate surface area is 131 Å². The van der Waals surface area contributed by atoms with E-state index in [-0.39, 0.29) is 10.2 Å². The highest BCUT2D eigenvalue weighted by molar-refractivity contribution is 9.11. The van der Waals surface area contributed by atoms with Crippen LogP contribution in [0, 0.1) is 18.6 Å². The molecule has 0 bridgehead atoms. The fraction of sp³-hybridized carbons (Fsp3) is 0.0714. The highest BCUT2D eigenvalue weighted by Crippen LogP contribution is 2.28. The first kappa shape index (κ1) is 15.1. The molecule has 0 aliphatic rings. The lowest BCUT2D eigenvalue weighted by Crippen LogP contribution is -2.14. The van der Waals surface area contributed by atoms with Gasteiger partial charge in [0.1, 0.15) is 5.82 Å². The second-order valence-electron chi connectivity index (χ2n) is 4.18. The van der Waals surface area contributed by atoms with Crippen LogP contribution in [0.25, 0.3) is 0 Å². The van der Waals surface area contributed by atoms with Gasteiger partial charge in [0.15, 0.2) is 5.82 Å². The number of hydrogen-bond donors (Lipinski definition) is 1. The average Bonchev–Trinajstić information content (AvgIpc) is 2.36. The third kappa shape index (κ3) is 3.24. The molecular formula is C14H9Br2F2NO. The summed E-state index contributed by atoms with van der Waals surface area (Å²) >= 11 is 6.29. The molecule has 0 aromatic heterocycles. The number of carbonyl (C=O) groups excluding carboxylic acids is 1. The Morgan fingerprint density at radius 1 is 1.10 bits per heavy atom. The molecule has 0 aliphatic carbocycles. The smallest absolute Gasteiger partial charge is 0.256 e. The van der Waals surface area contributed by atoms with E-state index in [0.717, 1.165) is 11.6 Å². The van der Waals surface area contributed by atoms with Crippen LogP contribution in [0.2, 0.25) is 0 Å². The summed E-state index contributed by atoms with van der Waals surface area (Å²) in [5, 5.41) is 2.43. The molecule has 0 heterocycles. The second-order valence-corrected chi connectivity index (χ2v) is 5.89. The summed E-state index contributed by atoms with van der Waals surface area (Å²) in [6.07, 6.45) is 0. The van der Waals surface area contributed by atoms with Crippen molar-refractivity contribution >= 4 is 43.5 Å². The number of rotatable bonds is 2. The van der Waals surface area contributed by atoms with Gasteiger partial charge in [-0.25, -0.2) is 8.78 Å². The van der Waals surface area contributed by atoms with Gasteiger partial charge in [0.05, 0.1) is 11.3 Å². The van der Waals surface area contributed by atoms with Crippen LogP contribution in [0.4, 0.5) is 14.5 Å². The van der Waals surface area contributed by atoms with Gasteiger partial charge in [-0.15, -0.1) is 0 Å². The molecule has 2 rings (SSSR count). The molecule has 0 fully saturated rings. The molecule has 0 radical (unpaired) electrons. The zero-order valence-corrected chi connectivity index (χ0v) is 13.5. The van der Waals surface area contributed by atoms with Gasteiger partial charge < -0.3 is 5.32 Å². The number of hydrogen-bond acceptors (Lipinski definition) is 1. The molecule has 0 spiro atoms. The molecule has 0 atom stereocenters. The van der Waals surface area contributed by atoms with Crippen molar-refractivity contribution in [1.29, 1.82) is 0 Å². The maximum absolute atomic E-state index is 13.7. The SMILES string of the molecule is Cc1ccc(Br)c(C(=O)Nc2c(F)cc(F)cc2Br)c1. The molecule has 0 unspecified atom stereocenters. The van der Waals surface area contributed by atoms with Crippen LogP contribution in [0.1, 0.15) is 15.9 Å². The van der Waals surface area contributed by atoms with Crippen molar-refractivity contribution in [1.82, 2.24) is 0 Å². The first-order valence-electron chi connectivity index (χ1n) is 5.60. The van der Waals surface area contributed by atoms with Crippen molar-refractivity contribution in [3.63, 3.8) is 0 Å². The first-order chi connectivity index (χ1) is 9.38. The number of amides is 1. The van der Waals surface area contributed by atoms with Crippen molar-refractivity contribution in [2.24, 2.45) is 0 Å². The Morgan fingerprint density at radius 3 is 2.45 bits per heavy atom. The van der Waals surface area contributed by atoms with Gasteiger partial charge in [-0.3, -0.25) is 4.79 Å². The molecule has 2 nitrogen and oxygen atoms in total. The number of halogens is 4. The maximum Gasteiger partial charge on any atom is 0.256 e. The predicted molar refractivity (Wildman–Crippen MR) is 80.9 cm³/mol. The van der Waals surface area contributed by atoms with Crippen molar-refractivity contribution in [2.75, 3.05) is 5.32 Å². The maximum atomic E-state index is 13.7. The fourth-order valence-corrected chi connectivity index (χ4v) is 2.59. The Morgan fingerprint density at radius 2 is 1.80 bits per heavy atom. The third-order valence-electron chi connectivity index (χ3n) is 2.61. The van der Waals surface area contributed by atoms with Gasteiger partial charge in [0, 0.05) is 15.0 Å². The van der Waals surface area contributed by atoms with E-state index in [9.17, 15) is 13.6 Å². The van der Waals surface area contributed by atoms with Crippen LogP contribution in [0.3, 0.4) is 0 Å². The minimum absolute atomic E-state index is 0.0928. The van der Waals surface area contributed by atoms with E-state index in [1.54, 1.807) is 12.1 Å². The molecule has 0 saturated carbocycles. The summed E-state index contributed by atoms with van der Waals surface area (Å²) in [6, 6.07) is 7.06. The topological polar surface area (TPSA) is 29.1 Å². The van der Waals surface area contributed by atoms with E-state index in [1.807, 2.05) is 13.0 Å². The summed E-state index contributed by atoms with van der Waals surface area (Å²) in [4.78, 5) is 12.2. The number of carbonyl (C=O) groups is 1. The van der Waals surface area contributed by atoms with Gasteiger partial charge >= 0.3 is 0 Å². The second kappa shape index (κ2) is 6.01. The van der Waals surface area contributed by atoms with Gasteiger partial charge in [-0.05, 0) is 57.0 Å². The number of nitrogens with one attached hydrogen (secondary N) is 1. The minimum atomic E-state index is -0.839. The lowest BCUT2D eigenvalue weighted by molar-refractivity contribution is 0.102. The minimum Gasteiger partial charge on any atom is -0.318 e. The monoisotopic (exact) mass is 403 g/mol. The lowest BCUT2D eigenvalue weighted by atomic mass is 10.1. The summed E-state index contributed by atoms with van der Waals surface area (Å²) in [6.45, 7) is 1.84. The quantitative estimate of drug-likeness (QED) is 0.745. The lowest BCUT2D eigenvalue weighted by Gasteiger charge is -2.10. The van der Waals surface area contributed by atoms with Crippen LogP contribution < -0.4 is 5.32 Å². The van der Waals surface area contributed by atoms with Crippen molar-refractivity contribution in [2.45, 2.75) is 6.92 Å². The van der Waals surface area contributed by atoms with E-state index in [1.165, 1.54) is 0 Å². The van der Waals surface area contributed by atoms with Crippen LogP contribution in [0.5, 0.6) is 0 Å². The van der Waals surface area contributed by atoms with Crippen molar-refractivity contribution in [3.8, 4) is 0 Å². The largest absolute Gasteiger partial charge is 0.318 e. The molecule has 1 amide bonds. The number of aryl methyl sites for hydroxylation is 1. The van der Waals surface area contributed by atoms with E-state index in [2.05, 4.69) is 37.2 Å². The Kier molecular flexibility index (Phi) is 4.55. The zero-order valence-electron chi connectivity index (χ0n) is 10.3. The first-order valence-corrected chi connectivity index (χ1v) is 7.19. The Hall–Kier alpha value is -1.27. The molecule has 104 valence electrons. The van der Waals surface area contributed by atoms with E-state index in [4.69, 9.17) is 0 Å². The zero-order chi connectivity index (χ0) is 14.9. The van der Waals surface area contributed by atoms with Crippen LogP contribution in [-0.4, -0.2) is 5.91 Å². The van der Waals surface area contributed by atoms with Crippen LogP contribution in [0.15, 0.2) is 39.3 Å². The molecule has 2 aromatic carbocycles. The standard InChI is InChI=1S/C14H9Br2F2NO/c1-7-2-3-10(15)9(4-7)14(20)19-13-11(16)5-8(17)6-12(13)18/h2-6H,1H3,(H,19,20). The van der Waals surface area contributed by atoms with Gasteiger partial charge in [0.2, 0.25) is 0 Å². The molecule has 20 heavy (non-hydrogen) atoms. The highest BCUT2D eigenvalue weighted by Gasteiger charge is 2.16. The number of anilines is 1. The van der Waals surface area contributed by atoms with Crippen molar-refractivity contribution < 1.29 is 13.6 Å². The van der Waals surface area contributed by atoms with Gasteiger partial charge in [0.25, 0.3) is 5.91 Å². The van der Waals surface area contributed by atoms with E-state index < -0.39 is 17.5 Å². The van der Waals surface area contributed by atoms with Crippen LogP contribution in [-0.2, 0) is 0 Å². The molecule has 6 heteroatoms. The third-order valence-corrected chi connectivity index (χ3v) is 3.93. The fourth-order valence-electron chi connectivity index (χ4n) is 1.66. The highest BCUT2D eigenvalue weighted by atomic mass is 79.9. The Bertz CT molecular complexity index is 666. The Balaban J connectivity index is 2.35. The normalized spacial score (nSPS) is 10.4. The summed E-state index contributed by atoms with van der Waals surface area (Å²) < 4.78 is 27.4. The summed E-state index contributed by atoms with van der Waals surface area (Å²) in [7, 11) is 0. The number of benzene rings is 2. The van der Waals surface area contributed by atoms with E-state index in [0.29, 0.717) is 16.1 Å². The van der Waals surface area contributed by atoms with Crippen LogP contribution >= 0.6 is 31.9 Å². The van der Waals surface area contributed by atoms with Crippen molar-refractivity contribution in [3.05, 3.63) is 62.0 Å². The molecule has 2 aromatic rings. The van der Waals surface area contributed by atoms with E-state index >= 15 is 0 Å². The molecular weight excluding hydrogens is 396 g/mol. The molecule has 0 saturated heterocycles. The summed E-state index contributed by atoms with van der Waals surface area (Å²) in [5.41, 5.74) is 1.18. The predicted octanol–water partition coefficient (Wildman–Crippen LogP) is 5.05. The van der Waals surface area contributed by atoms with Gasteiger partial charge in [-0.2, -0.15) is 0 Å². The molecule has 0 aliphatic heterocycles. The molecule has 1 N–H and O–H groups in total. The van der Waals surface area contributed by atoms with Gasteiger partial charge in [-0.1, -0.05) is 11.6 Å².